The summed E-state index contributed by atoms with van der Waals surface area (Å²) < 4.78 is 6.12. The largest absolute Gasteiger partial charge is 0.398 e. The molecule has 17 heavy (non-hydrogen) atoms. The fourth-order valence-electron chi connectivity index (χ4n) is 1.27. The molecule has 0 bridgehead atoms. The summed E-state index contributed by atoms with van der Waals surface area (Å²) in [5, 5.41) is 9.38. The minimum Gasteiger partial charge on any atom is -0.398 e. The van der Waals surface area contributed by atoms with Gasteiger partial charge in [-0.25, -0.2) is 0 Å². The van der Waals surface area contributed by atoms with Crippen LogP contribution < -0.4 is 0 Å². The van der Waals surface area contributed by atoms with E-state index in [4.69, 9.17) is 4.43 Å². The van der Waals surface area contributed by atoms with Crippen molar-refractivity contribution in [2.45, 2.75) is 45.0 Å². The van der Waals surface area contributed by atoms with Gasteiger partial charge in [0.05, 0.1) is 6.07 Å². The molecule has 2 nitrogen and oxygen atoms in total. The molecule has 1 aromatic rings. The van der Waals surface area contributed by atoms with Gasteiger partial charge in [0.25, 0.3) is 0 Å². The lowest BCUT2D eigenvalue weighted by molar-refractivity contribution is 0.236. The van der Waals surface area contributed by atoms with Crippen molar-refractivity contribution < 1.29 is 4.43 Å². The average Bonchev–Trinajstić information content (AvgIpc) is 2.25. The summed E-state index contributed by atoms with van der Waals surface area (Å²) in [5.74, 6) is 0. The monoisotopic (exact) mass is 247 g/mol. The molecule has 0 aromatic heterocycles. The normalized spacial score (nSPS) is 14.1. The first kappa shape index (κ1) is 13.9. The van der Waals surface area contributed by atoms with Crippen LogP contribution in [0.25, 0.3) is 0 Å². The Labute approximate surface area is 105 Å². The highest BCUT2D eigenvalue weighted by Gasteiger charge is 2.39. The fourth-order valence-corrected chi connectivity index (χ4v) is 2.40. The SMILES string of the molecule is CC(C)(C)[Si](C)(C)O[C@H](C#N)c1ccccc1. The first-order valence-electron chi connectivity index (χ1n) is 5.90. The van der Waals surface area contributed by atoms with Crippen molar-refractivity contribution in [1.82, 2.24) is 0 Å². The number of nitrogens with zero attached hydrogens (tertiary/aromatic N) is 1. The van der Waals surface area contributed by atoms with Gasteiger partial charge in [0.1, 0.15) is 0 Å². The van der Waals surface area contributed by atoms with Gasteiger partial charge in [0.2, 0.25) is 0 Å². The molecular formula is C14H21NOSi. The van der Waals surface area contributed by atoms with E-state index in [0.29, 0.717) is 0 Å². The Morgan fingerprint density at radius 2 is 1.71 bits per heavy atom. The van der Waals surface area contributed by atoms with Crippen LogP contribution in [-0.2, 0) is 4.43 Å². The number of hydrogen-bond donors (Lipinski definition) is 0. The van der Waals surface area contributed by atoms with Crippen LogP contribution in [0.4, 0.5) is 0 Å². The molecule has 0 heterocycles. The molecule has 0 aliphatic rings. The summed E-state index contributed by atoms with van der Waals surface area (Å²) in [6, 6.07) is 12.0. The van der Waals surface area contributed by atoms with Crippen LogP contribution in [0, 0.1) is 11.3 Å². The van der Waals surface area contributed by atoms with Gasteiger partial charge < -0.3 is 4.43 Å². The van der Waals surface area contributed by atoms with Crippen LogP contribution >= 0.6 is 0 Å². The average molecular weight is 247 g/mol. The summed E-state index contributed by atoms with van der Waals surface area (Å²) in [6.07, 6.45) is -0.447. The number of rotatable bonds is 3. The van der Waals surface area contributed by atoms with Crippen molar-refractivity contribution in [2.75, 3.05) is 0 Å². The van der Waals surface area contributed by atoms with E-state index in [0.717, 1.165) is 5.56 Å². The maximum atomic E-state index is 9.26. The molecule has 1 rings (SSSR count). The molecule has 0 spiro atoms. The first-order chi connectivity index (χ1) is 7.78. The van der Waals surface area contributed by atoms with E-state index in [9.17, 15) is 5.26 Å². The molecular weight excluding hydrogens is 226 g/mol. The first-order valence-corrected chi connectivity index (χ1v) is 8.81. The van der Waals surface area contributed by atoms with E-state index in [2.05, 4.69) is 39.9 Å². The van der Waals surface area contributed by atoms with Gasteiger partial charge in [0, 0.05) is 0 Å². The Kier molecular flexibility index (Phi) is 4.13. The molecule has 0 fully saturated rings. The molecule has 0 unspecified atom stereocenters. The molecule has 0 aliphatic carbocycles. The molecule has 0 aliphatic heterocycles. The second-order valence-electron chi connectivity index (χ2n) is 5.80. The summed E-state index contributed by atoms with van der Waals surface area (Å²) in [6.45, 7) is 10.9. The van der Waals surface area contributed by atoms with E-state index >= 15 is 0 Å². The van der Waals surface area contributed by atoms with Crippen molar-refractivity contribution in [3.63, 3.8) is 0 Å². The lowest BCUT2D eigenvalue weighted by Crippen LogP contribution is -2.41. The zero-order valence-corrected chi connectivity index (χ0v) is 12.3. The Morgan fingerprint density at radius 1 is 1.18 bits per heavy atom. The second kappa shape index (κ2) is 5.03. The summed E-state index contributed by atoms with van der Waals surface area (Å²) in [4.78, 5) is 0. The molecule has 1 atom stereocenters. The lowest BCUT2D eigenvalue weighted by Gasteiger charge is -2.37. The minimum atomic E-state index is -1.89. The van der Waals surface area contributed by atoms with Crippen molar-refractivity contribution in [3.8, 4) is 6.07 Å². The highest BCUT2D eigenvalue weighted by atomic mass is 28.4. The van der Waals surface area contributed by atoms with E-state index in [1.54, 1.807) is 0 Å². The Bertz CT molecular complexity index is 400. The minimum absolute atomic E-state index is 0.122. The van der Waals surface area contributed by atoms with E-state index in [1.807, 2.05) is 30.3 Å². The number of benzene rings is 1. The van der Waals surface area contributed by atoms with Gasteiger partial charge in [-0.2, -0.15) is 5.26 Å². The van der Waals surface area contributed by atoms with Crippen LogP contribution in [0.1, 0.15) is 32.4 Å². The molecule has 3 heteroatoms. The molecule has 0 saturated carbocycles. The molecule has 0 radical (unpaired) electrons. The quantitative estimate of drug-likeness (QED) is 0.747. The van der Waals surface area contributed by atoms with Gasteiger partial charge in [-0.1, -0.05) is 51.1 Å². The van der Waals surface area contributed by atoms with Crippen molar-refractivity contribution in [2.24, 2.45) is 0 Å². The number of hydrogen-bond acceptors (Lipinski definition) is 2. The third-order valence-corrected chi connectivity index (χ3v) is 7.88. The standard InChI is InChI=1S/C14H21NOSi/c1-14(2,3)17(4,5)16-13(11-15)12-9-7-6-8-10-12/h6-10,13H,1-5H3/t13-/m1/s1. The molecule has 0 N–H and O–H groups in total. The van der Waals surface area contributed by atoms with Gasteiger partial charge in [-0.15, -0.1) is 0 Å². The Morgan fingerprint density at radius 3 is 2.12 bits per heavy atom. The third-order valence-electron chi connectivity index (χ3n) is 3.44. The third kappa shape index (κ3) is 3.42. The Hall–Kier alpha value is -1.11. The Balaban J connectivity index is 2.90. The fraction of sp³-hybridized carbons (Fsp3) is 0.500. The summed E-state index contributed by atoms with van der Waals surface area (Å²) in [5.41, 5.74) is 0.944. The van der Waals surface area contributed by atoms with E-state index in [-0.39, 0.29) is 5.04 Å². The highest BCUT2D eigenvalue weighted by Crippen LogP contribution is 2.39. The molecule has 0 saturated heterocycles. The van der Waals surface area contributed by atoms with Gasteiger partial charge in [-0.3, -0.25) is 0 Å². The van der Waals surface area contributed by atoms with Gasteiger partial charge >= 0.3 is 0 Å². The predicted molar refractivity (Wildman–Crippen MR) is 73.1 cm³/mol. The topological polar surface area (TPSA) is 33.0 Å². The smallest absolute Gasteiger partial charge is 0.194 e. The van der Waals surface area contributed by atoms with Crippen LogP contribution in [0.2, 0.25) is 18.1 Å². The van der Waals surface area contributed by atoms with E-state index in [1.165, 1.54) is 0 Å². The lowest BCUT2D eigenvalue weighted by atomic mass is 10.1. The van der Waals surface area contributed by atoms with Crippen molar-refractivity contribution >= 4 is 8.32 Å². The van der Waals surface area contributed by atoms with Gasteiger partial charge in [0.15, 0.2) is 14.4 Å². The summed E-state index contributed by atoms with van der Waals surface area (Å²) in [7, 11) is -1.89. The molecule has 92 valence electrons. The highest BCUT2D eigenvalue weighted by molar-refractivity contribution is 6.74. The number of nitriles is 1. The van der Waals surface area contributed by atoms with E-state index < -0.39 is 14.4 Å². The van der Waals surface area contributed by atoms with Crippen LogP contribution in [-0.4, -0.2) is 8.32 Å². The predicted octanol–water partition coefficient (Wildman–Crippen LogP) is 4.27. The maximum Gasteiger partial charge on any atom is 0.194 e. The summed E-state index contributed by atoms with van der Waals surface area (Å²) >= 11 is 0. The van der Waals surface area contributed by atoms with Crippen LogP contribution in [0.5, 0.6) is 0 Å². The molecule has 1 aromatic carbocycles. The van der Waals surface area contributed by atoms with Crippen LogP contribution in [0.15, 0.2) is 30.3 Å². The van der Waals surface area contributed by atoms with Gasteiger partial charge in [-0.05, 0) is 23.7 Å². The van der Waals surface area contributed by atoms with Crippen molar-refractivity contribution in [1.29, 1.82) is 5.26 Å². The van der Waals surface area contributed by atoms with Crippen molar-refractivity contribution in [3.05, 3.63) is 35.9 Å². The molecule has 0 amide bonds. The zero-order valence-electron chi connectivity index (χ0n) is 11.3. The van der Waals surface area contributed by atoms with Crippen LogP contribution in [0.3, 0.4) is 0 Å². The second-order valence-corrected chi connectivity index (χ2v) is 10.6. The maximum absolute atomic E-state index is 9.26. The zero-order chi connectivity index (χ0) is 13.1.